The number of benzene rings is 2. The molecular weight excluding hydrogens is 502 g/mol. The zero-order valence-corrected chi connectivity index (χ0v) is 22.3. The average molecular weight is 538 g/mol. The number of aldehydes is 1. The Hall–Kier alpha value is -3.33. The van der Waals surface area contributed by atoms with Gasteiger partial charge in [-0.15, -0.1) is 11.3 Å². The third-order valence-corrected chi connectivity index (χ3v) is 7.29. The Morgan fingerprint density at radius 1 is 0.868 bits per heavy atom. The fourth-order valence-corrected chi connectivity index (χ4v) is 5.17. The zero-order valence-electron chi connectivity index (χ0n) is 21.5. The van der Waals surface area contributed by atoms with E-state index in [0.29, 0.717) is 36.2 Å². The van der Waals surface area contributed by atoms with E-state index < -0.39 is 0 Å². The minimum Gasteiger partial charge on any atom is -0.488 e. The number of carbonyl (C=O) groups excluding carboxylic acids is 1. The van der Waals surface area contributed by atoms with E-state index in [-0.39, 0.29) is 13.2 Å². The molecule has 0 spiro atoms. The smallest absolute Gasteiger partial charge is 0.183 e. The maximum Gasteiger partial charge on any atom is 0.183 e. The fraction of sp³-hybridized carbons (Fsp3) is 0.367. The second-order valence-electron chi connectivity index (χ2n) is 8.98. The predicted octanol–water partition coefficient (Wildman–Crippen LogP) is 5.43. The first-order valence-electron chi connectivity index (χ1n) is 13.1. The Balaban J connectivity index is 1.62. The highest BCUT2D eigenvalue weighted by atomic mass is 32.1. The van der Waals surface area contributed by atoms with Gasteiger partial charge in [-0.2, -0.15) is 0 Å². The second kappa shape index (κ2) is 14.6. The van der Waals surface area contributed by atoms with Crippen molar-refractivity contribution in [2.24, 2.45) is 0 Å². The van der Waals surface area contributed by atoms with Gasteiger partial charge in [-0.3, -0.25) is 4.79 Å². The van der Waals surface area contributed by atoms with Gasteiger partial charge in [0.05, 0.1) is 4.88 Å². The first kappa shape index (κ1) is 27.7. The molecule has 2 heterocycles. The Kier molecular flexibility index (Phi) is 10.6. The number of fused-ring (bicyclic) bond motifs is 1. The summed E-state index contributed by atoms with van der Waals surface area (Å²) in [5.74, 6) is 1.88. The molecule has 2 N–H and O–H groups in total. The first-order valence-corrected chi connectivity index (χ1v) is 13.9. The van der Waals surface area contributed by atoms with E-state index in [1.54, 1.807) is 0 Å². The van der Waals surface area contributed by atoms with Gasteiger partial charge < -0.3 is 29.3 Å². The molecule has 0 atom stereocenters. The number of anilines is 1. The Morgan fingerprint density at radius 3 is 2.21 bits per heavy atom. The van der Waals surface area contributed by atoms with E-state index in [4.69, 9.17) is 14.2 Å². The van der Waals surface area contributed by atoms with Crippen molar-refractivity contribution in [3.8, 4) is 17.2 Å². The summed E-state index contributed by atoms with van der Waals surface area (Å²) in [6.07, 6.45) is 7.97. The van der Waals surface area contributed by atoms with Gasteiger partial charge in [0.2, 0.25) is 0 Å². The number of hydrogen-bond donors (Lipinski definition) is 2. The summed E-state index contributed by atoms with van der Waals surface area (Å²) in [5.41, 5.74) is 3.01. The highest BCUT2D eigenvalue weighted by Gasteiger charge is 2.23. The van der Waals surface area contributed by atoms with Gasteiger partial charge >= 0.3 is 0 Å². The maximum absolute atomic E-state index is 11.5. The van der Waals surface area contributed by atoms with Gasteiger partial charge in [0.15, 0.2) is 17.8 Å². The van der Waals surface area contributed by atoms with Crippen molar-refractivity contribution in [3.63, 3.8) is 0 Å². The molecule has 0 unspecified atom stereocenters. The van der Waals surface area contributed by atoms with Crippen LogP contribution >= 0.6 is 11.3 Å². The number of ether oxygens (including phenoxy) is 3. The molecule has 38 heavy (non-hydrogen) atoms. The quantitative estimate of drug-likeness (QED) is 0.197. The van der Waals surface area contributed by atoms with Crippen LogP contribution in [0.1, 0.15) is 51.4 Å². The molecule has 1 aromatic heterocycles. The van der Waals surface area contributed by atoms with E-state index in [0.717, 1.165) is 72.5 Å². The number of rotatable bonds is 15. The lowest BCUT2D eigenvalue weighted by Crippen LogP contribution is -2.26. The average Bonchev–Trinajstić information content (AvgIpc) is 3.33. The third-order valence-electron chi connectivity index (χ3n) is 6.24. The molecule has 4 rings (SSSR count). The number of hydrogen-bond acceptors (Lipinski definition) is 8. The molecule has 1 aliphatic rings. The Labute approximate surface area is 227 Å². The van der Waals surface area contributed by atoms with Crippen molar-refractivity contribution in [1.82, 2.24) is 0 Å². The number of thiophene rings is 1. The highest BCUT2D eigenvalue weighted by Crippen LogP contribution is 2.44. The van der Waals surface area contributed by atoms with Gasteiger partial charge in [0.1, 0.15) is 30.4 Å². The molecule has 0 saturated carbocycles. The summed E-state index contributed by atoms with van der Waals surface area (Å²) in [7, 11) is 0. The van der Waals surface area contributed by atoms with Gasteiger partial charge in [0.25, 0.3) is 0 Å². The molecule has 0 radical (unpaired) electrons. The van der Waals surface area contributed by atoms with Crippen LogP contribution in [0.3, 0.4) is 0 Å². The van der Waals surface area contributed by atoms with Gasteiger partial charge in [-0.05, 0) is 55.5 Å². The number of aliphatic hydroxyl groups excluding tert-OH is 2. The summed E-state index contributed by atoms with van der Waals surface area (Å²) in [6, 6.07) is 16.2. The van der Waals surface area contributed by atoms with Crippen molar-refractivity contribution in [2.75, 3.05) is 44.4 Å². The van der Waals surface area contributed by atoms with Crippen LogP contribution in [0.25, 0.3) is 12.2 Å². The molecule has 7 nitrogen and oxygen atoms in total. The molecule has 3 aromatic rings. The van der Waals surface area contributed by atoms with Crippen LogP contribution < -0.4 is 19.1 Å². The monoisotopic (exact) mass is 537 g/mol. The minimum absolute atomic E-state index is 0.173. The third kappa shape index (κ3) is 7.37. The second-order valence-corrected chi connectivity index (χ2v) is 10.1. The van der Waals surface area contributed by atoms with Crippen LogP contribution in [0.5, 0.6) is 17.2 Å². The standard InChI is InChI=1S/C30H35NO6S/c32-16-6-4-14-31(15-5-7-17-33)25-12-10-24(26(20-25)37-22-23-8-2-1-3-9-23)11-13-27-29-30(28(21-34)38-27)36-19-18-35-29/h1-3,8-13,20-21,32-33H,4-7,14-19,22H2/b13-11+. The molecule has 0 fully saturated rings. The summed E-state index contributed by atoms with van der Waals surface area (Å²) in [5, 5.41) is 18.5. The topological polar surface area (TPSA) is 88.5 Å². The first-order chi connectivity index (χ1) is 18.7. The molecule has 0 aliphatic carbocycles. The molecule has 0 amide bonds. The van der Waals surface area contributed by atoms with Crippen LogP contribution in [0, 0.1) is 0 Å². The summed E-state index contributed by atoms with van der Waals surface area (Å²) >= 11 is 1.35. The van der Waals surface area contributed by atoms with E-state index in [1.165, 1.54) is 11.3 Å². The number of nitrogens with zero attached hydrogens (tertiary/aromatic N) is 1. The van der Waals surface area contributed by atoms with Gasteiger partial charge in [-0.1, -0.05) is 30.3 Å². The zero-order chi connectivity index (χ0) is 26.6. The van der Waals surface area contributed by atoms with Crippen LogP contribution in [0.15, 0.2) is 48.5 Å². The van der Waals surface area contributed by atoms with E-state index in [2.05, 4.69) is 17.0 Å². The molecule has 0 saturated heterocycles. The SMILES string of the molecule is O=Cc1sc(/C=C/c2ccc(N(CCCCO)CCCCO)cc2OCc2ccccc2)c2c1OCCO2. The predicted molar refractivity (Wildman–Crippen MR) is 152 cm³/mol. The largest absolute Gasteiger partial charge is 0.488 e. The van der Waals surface area contributed by atoms with Crippen molar-refractivity contribution in [2.45, 2.75) is 32.3 Å². The summed E-state index contributed by atoms with van der Waals surface area (Å²) < 4.78 is 17.8. The normalized spacial score (nSPS) is 12.6. The molecule has 1 aliphatic heterocycles. The van der Waals surface area contributed by atoms with Crippen molar-refractivity contribution < 1.29 is 29.2 Å². The Morgan fingerprint density at radius 2 is 1.55 bits per heavy atom. The lowest BCUT2D eigenvalue weighted by atomic mass is 10.1. The number of aliphatic hydroxyl groups is 2. The van der Waals surface area contributed by atoms with Crippen LogP contribution in [0.4, 0.5) is 5.69 Å². The van der Waals surface area contributed by atoms with Crippen molar-refractivity contribution >= 4 is 35.5 Å². The lowest BCUT2D eigenvalue weighted by Gasteiger charge is -2.26. The summed E-state index contributed by atoms with van der Waals surface area (Å²) in [6.45, 7) is 3.28. The number of unbranched alkanes of at least 4 members (excludes halogenated alkanes) is 2. The maximum atomic E-state index is 11.5. The van der Waals surface area contributed by atoms with Crippen molar-refractivity contribution in [1.29, 1.82) is 0 Å². The van der Waals surface area contributed by atoms with Crippen molar-refractivity contribution in [3.05, 3.63) is 69.4 Å². The fourth-order valence-electron chi connectivity index (χ4n) is 4.27. The van der Waals surface area contributed by atoms with Gasteiger partial charge in [-0.25, -0.2) is 0 Å². The molecule has 2 aromatic carbocycles. The Bertz CT molecular complexity index is 1180. The molecule has 8 heteroatoms. The van der Waals surface area contributed by atoms with E-state index in [1.807, 2.05) is 48.6 Å². The minimum atomic E-state index is 0.173. The molecule has 202 valence electrons. The van der Waals surface area contributed by atoms with Crippen LogP contribution in [0.2, 0.25) is 0 Å². The van der Waals surface area contributed by atoms with E-state index >= 15 is 0 Å². The van der Waals surface area contributed by atoms with Gasteiger partial charge in [0, 0.05) is 43.6 Å². The number of carbonyl (C=O) groups is 1. The lowest BCUT2D eigenvalue weighted by molar-refractivity contribution is 0.111. The highest BCUT2D eigenvalue weighted by molar-refractivity contribution is 7.15. The molecule has 0 bridgehead atoms. The van der Waals surface area contributed by atoms with E-state index in [9.17, 15) is 15.0 Å². The molecular formula is C30H35NO6S. The summed E-state index contributed by atoms with van der Waals surface area (Å²) in [4.78, 5) is 15.2. The van der Waals surface area contributed by atoms with Crippen LogP contribution in [-0.4, -0.2) is 56.0 Å². The van der Waals surface area contributed by atoms with Crippen LogP contribution in [-0.2, 0) is 6.61 Å².